The Balaban J connectivity index is -0.0000000289. The van der Waals surface area contributed by atoms with Gasteiger partial charge in [0.25, 0.3) is 0 Å². The molecule has 0 heterocycles. The Kier molecular flexibility index (Phi) is 84.9. The van der Waals surface area contributed by atoms with Crippen LogP contribution >= 0.6 is 67.8 Å². The van der Waals surface area contributed by atoms with E-state index < -0.39 is 0 Å². The van der Waals surface area contributed by atoms with Crippen LogP contribution in [-0.4, -0.2) is 60.3 Å². The quantitative estimate of drug-likeness (QED) is 0.108. The van der Waals surface area contributed by atoms with Crippen molar-refractivity contribution in [3.8, 4) is 0 Å². The third kappa shape index (κ3) is 116. The van der Waals surface area contributed by atoms with E-state index in [-0.39, 0.29) is 51.7 Å². The number of hydroxylamine groups is 2. The number of carbonyl (C=O) groups is 2. The van der Waals surface area contributed by atoms with Gasteiger partial charge in [-0.25, -0.2) is 5.06 Å². The summed E-state index contributed by atoms with van der Waals surface area (Å²) in [5.74, 6) is -0.0764. The van der Waals surface area contributed by atoms with E-state index in [4.69, 9.17) is 0 Å². The van der Waals surface area contributed by atoms with Gasteiger partial charge in [0.2, 0.25) is 5.91 Å². The first-order valence-corrected chi connectivity index (χ1v) is 9.78. The van der Waals surface area contributed by atoms with E-state index in [1.807, 2.05) is 0 Å². The van der Waals surface area contributed by atoms with Crippen LogP contribution in [0.2, 0.25) is 0 Å². The molecular formula is C14H27BrI3MgNO3. The van der Waals surface area contributed by atoms with Crippen LogP contribution in [0.3, 0.4) is 0 Å². The van der Waals surface area contributed by atoms with Crippen LogP contribution in [0, 0.1) is 6.58 Å². The molecule has 9 heteroatoms. The number of amides is 1. The topological polar surface area (TPSA) is 46.6 Å². The second-order valence-corrected chi connectivity index (χ2v) is 10.4. The molecule has 0 aromatic heterocycles. The second-order valence-electron chi connectivity index (χ2n) is 2.80. The minimum absolute atomic E-state index is 0. The fraction of sp³-hybridized carbons (Fsp3) is 0.571. The average Bonchev–Trinajstić information content (AvgIpc) is 2.40. The fourth-order valence-corrected chi connectivity index (χ4v) is 0.129. The summed E-state index contributed by atoms with van der Waals surface area (Å²) < 4.78 is 1.99. The molecule has 0 radical (unpaired) electrons. The van der Waals surface area contributed by atoms with Crippen molar-refractivity contribution >= 4 is 103 Å². The van der Waals surface area contributed by atoms with Crippen molar-refractivity contribution in [2.45, 2.75) is 29.6 Å². The van der Waals surface area contributed by atoms with Gasteiger partial charge in [-0.1, -0.05) is 81.3 Å². The number of alkyl halides is 3. The number of rotatable bonds is 2. The first kappa shape index (κ1) is 44.5. The first-order valence-electron chi connectivity index (χ1n) is 5.76. The molecular weight excluding hydrogens is 715 g/mol. The summed E-state index contributed by atoms with van der Waals surface area (Å²) in [6.07, 6.45) is 1.28. The Morgan fingerprint density at radius 1 is 1.30 bits per heavy atom. The Morgan fingerprint density at radius 2 is 1.48 bits per heavy atom. The zero-order valence-electron chi connectivity index (χ0n) is 14.7. The van der Waals surface area contributed by atoms with Crippen molar-refractivity contribution < 1.29 is 31.4 Å². The summed E-state index contributed by atoms with van der Waals surface area (Å²) in [6, 6.07) is 0. The molecule has 136 valence electrons. The first-order chi connectivity index (χ1) is 9.60. The molecule has 0 saturated heterocycles. The van der Waals surface area contributed by atoms with Crippen LogP contribution in [0.4, 0.5) is 0 Å². The van der Waals surface area contributed by atoms with E-state index in [1.54, 1.807) is 7.05 Å². The van der Waals surface area contributed by atoms with Crippen molar-refractivity contribution in [1.29, 1.82) is 0 Å². The average molecular weight is 742 g/mol. The largest absolute Gasteiger partial charge is 2.00 e. The van der Waals surface area contributed by atoms with Crippen molar-refractivity contribution in [2.24, 2.45) is 0 Å². The van der Waals surface area contributed by atoms with E-state index in [2.05, 4.69) is 106 Å². The zero-order valence-corrected chi connectivity index (χ0v) is 24.2. The Hall–Kier alpha value is 2.02. The summed E-state index contributed by atoms with van der Waals surface area (Å²) in [5.41, 5.74) is 0. The Labute approximate surface area is 210 Å². The number of hydrogen-bond donors (Lipinski definition) is 0. The van der Waals surface area contributed by atoms with Crippen LogP contribution in [0.5, 0.6) is 0 Å². The number of hydrogen-bond acceptors (Lipinski definition) is 3. The van der Waals surface area contributed by atoms with Gasteiger partial charge in [-0.15, -0.1) is 0 Å². The summed E-state index contributed by atoms with van der Waals surface area (Å²) in [6.45, 7) is 17.4. The summed E-state index contributed by atoms with van der Waals surface area (Å²) >= 11 is 6.95. The molecule has 0 aliphatic rings. The van der Waals surface area contributed by atoms with Crippen molar-refractivity contribution in [2.75, 3.05) is 18.6 Å². The standard InChI is InChI=1S/C4H9NO2.C4H6O.C2H4I2.C2H5I.C2H3.BrH.Mg/c1-4(6)5(2)7-3;1-3-4(2)5;1-2(3)4;1-2-3;1-2;;/h1-3H3;3H,1H2,2H3;2H,1H3;2H2,1H3;1H,2H2;1H;/q;;;;-1;;+2/p-1. The van der Waals surface area contributed by atoms with E-state index in [0.717, 1.165) is 6.99 Å². The number of carbonyl (C=O) groups excluding carboxylic acids is 2. The summed E-state index contributed by atoms with van der Waals surface area (Å²) in [7, 11) is 3.00. The van der Waals surface area contributed by atoms with Crippen LogP contribution in [-0.2, 0) is 14.4 Å². The molecule has 0 spiro atoms. The van der Waals surface area contributed by atoms with Gasteiger partial charge in [0.05, 0.1) is 9.04 Å². The van der Waals surface area contributed by atoms with Gasteiger partial charge in [0.1, 0.15) is 0 Å². The minimum atomic E-state index is -0.0949. The van der Waals surface area contributed by atoms with Gasteiger partial charge in [-0.2, -0.15) is 0 Å². The van der Waals surface area contributed by atoms with Gasteiger partial charge >= 0.3 is 23.1 Å². The van der Waals surface area contributed by atoms with Gasteiger partial charge in [-0.05, 0) is 24.4 Å². The van der Waals surface area contributed by atoms with Crippen LogP contribution in [0.1, 0.15) is 27.7 Å². The molecule has 0 fully saturated rings. The van der Waals surface area contributed by atoms with E-state index in [0.29, 0.717) is 0 Å². The Bertz CT molecular complexity index is 247. The van der Waals surface area contributed by atoms with Crippen molar-refractivity contribution in [3.63, 3.8) is 0 Å². The Morgan fingerprint density at radius 3 is 1.48 bits per heavy atom. The van der Waals surface area contributed by atoms with Gasteiger partial charge in [0.15, 0.2) is 5.78 Å². The monoisotopic (exact) mass is 741 g/mol. The number of halogens is 4. The zero-order chi connectivity index (χ0) is 18.4. The molecule has 4 nitrogen and oxygen atoms in total. The van der Waals surface area contributed by atoms with Gasteiger partial charge in [0, 0.05) is 14.0 Å². The molecule has 0 aromatic carbocycles. The van der Waals surface area contributed by atoms with Gasteiger partial charge in [-0.3, -0.25) is 21.0 Å². The minimum Gasteiger partial charge on any atom is -1.00 e. The maximum Gasteiger partial charge on any atom is 2.00 e. The summed E-state index contributed by atoms with van der Waals surface area (Å²) in [4.78, 5) is 24.4. The second kappa shape index (κ2) is 43.9. The molecule has 0 saturated carbocycles. The molecule has 0 rings (SSSR count). The van der Waals surface area contributed by atoms with Crippen LogP contribution < -0.4 is 17.0 Å². The SMILES string of the molecule is C=CC(C)=O.CC(I)I.CCI.CON(C)C(C)=O.[Br-].[CH-]=C.[Mg+2]. The smallest absolute Gasteiger partial charge is 1.00 e. The molecule has 0 bridgehead atoms. The van der Waals surface area contributed by atoms with Crippen molar-refractivity contribution in [1.82, 2.24) is 5.06 Å². The fourth-order valence-electron chi connectivity index (χ4n) is 0.129. The van der Waals surface area contributed by atoms with Crippen LogP contribution in [0.15, 0.2) is 19.2 Å². The van der Waals surface area contributed by atoms with Crippen molar-refractivity contribution in [3.05, 3.63) is 25.8 Å². The predicted octanol–water partition coefficient (Wildman–Crippen LogP) is 1.66. The van der Waals surface area contributed by atoms with Gasteiger partial charge < -0.3 is 23.6 Å². The normalized spacial score (nSPS) is 6.52. The molecule has 0 aliphatic heterocycles. The maximum atomic E-state index is 10.2. The number of nitrogens with zero attached hydrogens (tertiary/aromatic N) is 1. The van der Waals surface area contributed by atoms with Crippen LogP contribution in [0.25, 0.3) is 0 Å². The molecule has 0 aromatic rings. The molecule has 23 heavy (non-hydrogen) atoms. The molecule has 0 N–H and O–H groups in total. The third-order valence-corrected chi connectivity index (χ3v) is 1.00. The van der Waals surface area contributed by atoms with E-state index in [9.17, 15) is 9.59 Å². The molecule has 0 aliphatic carbocycles. The van der Waals surface area contributed by atoms with E-state index in [1.165, 1.54) is 31.5 Å². The maximum absolute atomic E-state index is 10.2. The molecule has 0 unspecified atom stereocenters. The number of allylic oxidation sites excluding steroid dienone is 1. The third-order valence-electron chi connectivity index (χ3n) is 1.00. The summed E-state index contributed by atoms with van der Waals surface area (Å²) in [5, 5.41) is 1.15. The molecule has 1 amide bonds. The predicted molar refractivity (Wildman–Crippen MR) is 124 cm³/mol. The van der Waals surface area contributed by atoms with E-state index >= 15 is 0 Å². The molecule has 0 atom stereocenters. The number of ketones is 1.